The van der Waals surface area contributed by atoms with Crippen LogP contribution in [0.2, 0.25) is 0 Å². The summed E-state index contributed by atoms with van der Waals surface area (Å²) in [6.07, 6.45) is 1.81. The van der Waals surface area contributed by atoms with E-state index >= 15 is 0 Å². The molecule has 0 unspecified atom stereocenters. The molecule has 2 aromatic carbocycles. The molecule has 0 heterocycles. The lowest BCUT2D eigenvalue weighted by Gasteiger charge is -2.27. The van der Waals surface area contributed by atoms with E-state index in [1.807, 2.05) is 65.6 Å². The van der Waals surface area contributed by atoms with Gasteiger partial charge in [0, 0.05) is 12.2 Å². The minimum atomic E-state index is -0.329. The molecule has 1 amide bonds. The Kier molecular flexibility index (Phi) is 3.76. The van der Waals surface area contributed by atoms with Gasteiger partial charge in [-0.2, -0.15) is 0 Å². The van der Waals surface area contributed by atoms with Crippen molar-refractivity contribution in [1.82, 2.24) is 0 Å². The van der Waals surface area contributed by atoms with Gasteiger partial charge in [-0.15, -0.1) is 0 Å². The van der Waals surface area contributed by atoms with Crippen LogP contribution >= 0.6 is 0 Å². The normalized spacial score (nSPS) is 15.5. The maximum Gasteiger partial charge on any atom is 0.234 e. The maximum atomic E-state index is 12.9. The van der Waals surface area contributed by atoms with E-state index in [-0.39, 0.29) is 11.3 Å². The van der Waals surface area contributed by atoms with Crippen LogP contribution in [-0.2, 0) is 11.3 Å². The number of rotatable bonds is 5. The van der Waals surface area contributed by atoms with E-state index in [0.29, 0.717) is 13.1 Å². The van der Waals surface area contributed by atoms with Gasteiger partial charge in [-0.3, -0.25) is 4.79 Å². The molecule has 3 rings (SSSR count). The number of nitrogens with zero attached hydrogens (tertiary/aromatic N) is 1. The first-order valence-corrected chi connectivity index (χ1v) is 7.36. The van der Waals surface area contributed by atoms with Crippen molar-refractivity contribution in [2.24, 2.45) is 11.1 Å². The highest BCUT2D eigenvalue weighted by Crippen LogP contribution is 2.47. The van der Waals surface area contributed by atoms with Crippen LogP contribution < -0.4 is 10.6 Å². The molecular formula is C18H20N2O. The summed E-state index contributed by atoms with van der Waals surface area (Å²) >= 11 is 0. The second-order valence-corrected chi connectivity index (χ2v) is 5.70. The van der Waals surface area contributed by atoms with Gasteiger partial charge >= 0.3 is 0 Å². The summed E-state index contributed by atoms with van der Waals surface area (Å²) in [5, 5.41) is 0. The minimum absolute atomic E-state index is 0.153. The molecule has 0 aromatic heterocycles. The molecule has 1 fully saturated rings. The summed E-state index contributed by atoms with van der Waals surface area (Å²) in [6.45, 7) is 1.02. The van der Waals surface area contributed by atoms with Crippen LogP contribution in [0.25, 0.3) is 0 Å². The molecule has 1 saturated carbocycles. The highest BCUT2D eigenvalue weighted by Gasteiger charge is 2.50. The van der Waals surface area contributed by atoms with E-state index < -0.39 is 0 Å². The fourth-order valence-corrected chi connectivity index (χ4v) is 2.60. The second-order valence-electron chi connectivity index (χ2n) is 5.70. The van der Waals surface area contributed by atoms with E-state index in [4.69, 9.17) is 5.73 Å². The zero-order chi connectivity index (χ0) is 14.7. The van der Waals surface area contributed by atoms with Crippen LogP contribution in [0.4, 0.5) is 5.69 Å². The molecule has 0 aliphatic heterocycles. The van der Waals surface area contributed by atoms with E-state index in [1.165, 1.54) is 0 Å². The lowest BCUT2D eigenvalue weighted by Crippen LogP contribution is -2.40. The first-order chi connectivity index (χ1) is 10.2. The average molecular weight is 280 g/mol. The second kappa shape index (κ2) is 5.70. The van der Waals surface area contributed by atoms with Gasteiger partial charge in [0.05, 0.1) is 12.0 Å². The molecule has 3 nitrogen and oxygen atoms in total. The number of carbonyl (C=O) groups excluding carboxylic acids is 1. The lowest BCUT2D eigenvalue weighted by atomic mass is 10.0. The molecular weight excluding hydrogens is 260 g/mol. The summed E-state index contributed by atoms with van der Waals surface area (Å²) in [5.41, 5.74) is 7.57. The van der Waals surface area contributed by atoms with Crippen molar-refractivity contribution in [3.05, 3.63) is 66.2 Å². The third-order valence-electron chi connectivity index (χ3n) is 4.19. The number of carbonyl (C=O) groups is 1. The van der Waals surface area contributed by atoms with Crippen LogP contribution in [0.3, 0.4) is 0 Å². The van der Waals surface area contributed by atoms with E-state index in [9.17, 15) is 4.79 Å². The number of nitrogens with two attached hydrogens (primary N) is 1. The van der Waals surface area contributed by atoms with Crippen molar-refractivity contribution in [1.29, 1.82) is 0 Å². The first kappa shape index (κ1) is 13.8. The Morgan fingerprint density at radius 1 is 1.00 bits per heavy atom. The number of benzene rings is 2. The molecule has 2 aromatic rings. The highest BCUT2D eigenvalue weighted by atomic mass is 16.2. The lowest BCUT2D eigenvalue weighted by molar-refractivity contribution is -0.123. The number of amides is 1. The van der Waals surface area contributed by atoms with Crippen molar-refractivity contribution in [3.8, 4) is 0 Å². The monoisotopic (exact) mass is 280 g/mol. The first-order valence-electron chi connectivity index (χ1n) is 7.36. The molecule has 0 spiro atoms. The highest BCUT2D eigenvalue weighted by molar-refractivity contribution is 5.99. The van der Waals surface area contributed by atoms with Gasteiger partial charge in [0.2, 0.25) is 5.91 Å². The molecule has 2 N–H and O–H groups in total. The number of anilines is 1. The summed E-state index contributed by atoms with van der Waals surface area (Å²) in [4.78, 5) is 14.8. The zero-order valence-electron chi connectivity index (χ0n) is 12.0. The Labute approximate surface area is 125 Å². The van der Waals surface area contributed by atoms with Gasteiger partial charge in [-0.25, -0.2) is 0 Å². The van der Waals surface area contributed by atoms with Gasteiger partial charge < -0.3 is 10.6 Å². The van der Waals surface area contributed by atoms with E-state index in [2.05, 4.69) is 0 Å². The Bertz CT molecular complexity index is 606. The van der Waals surface area contributed by atoms with Gasteiger partial charge in [0.1, 0.15) is 0 Å². The fourth-order valence-electron chi connectivity index (χ4n) is 2.60. The molecule has 21 heavy (non-hydrogen) atoms. The third-order valence-corrected chi connectivity index (χ3v) is 4.19. The summed E-state index contributed by atoms with van der Waals surface area (Å²) in [7, 11) is 0. The quantitative estimate of drug-likeness (QED) is 0.915. The molecule has 0 bridgehead atoms. The minimum Gasteiger partial charge on any atom is -0.329 e. The Balaban J connectivity index is 1.90. The largest absolute Gasteiger partial charge is 0.329 e. The molecule has 0 saturated heterocycles. The van der Waals surface area contributed by atoms with Gasteiger partial charge in [0.15, 0.2) is 0 Å². The van der Waals surface area contributed by atoms with Gasteiger partial charge in [-0.05, 0) is 30.5 Å². The zero-order valence-corrected chi connectivity index (χ0v) is 12.0. The smallest absolute Gasteiger partial charge is 0.234 e. The molecule has 1 aliphatic rings. The van der Waals surface area contributed by atoms with Crippen LogP contribution in [0.5, 0.6) is 0 Å². The predicted molar refractivity (Wildman–Crippen MR) is 84.8 cm³/mol. The van der Waals surface area contributed by atoms with Gasteiger partial charge in [0.25, 0.3) is 0 Å². The molecule has 108 valence electrons. The van der Waals surface area contributed by atoms with Crippen molar-refractivity contribution < 1.29 is 4.79 Å². The Morgan fingerprint density at radius 2 is 1.57 bits per heavy atom. The van der Waals surface area contributed by atoms with Gasteiger partial charge in [-0.1, -0.05) is 48.5 Å². The predicted octanol–water partition coefficient (Wildman–Crippen LogP) is 2.96. The Morgan fingerprint density at radius 3 is 2.10 bits per heavy atom. The van der Waals surface area contributed by atoms with E-state index in [0.717, 1.165) is 24.1 Å². The summed E-state index contributed by atoms with van der Waals surface area (Å²) in [6, 6.07) is 19.9. The summed E-state index contributed by atoms with van der Waals surface area (Å²) in [5.74, 6) is 0.153. The molecule has 3 heteroatoms. The van der Waals surface area contributed by atoms with E-state index in [1.54, 1.807) is 0 Å². The number of hydrogen-bond acceptors (Lipinski definition) is 2. The fraction of sp³-hybridized carbons (Fsp3) is 0.278. The maximum absolute atomic E-state index is 12.9. The standard InChI is InChI=1S/C18H20N2O/c19-14-18(11-12-18)17(21)20(16-9-5-2-6-10-16)13-15-7-3-1-4-8-15/h1-10H,11-14,19H2. The van der Waals surface area contributed by atoms with Crippen LogP contribution in [-0.4, -0.2) is 12.5 Å². The topological polar surface area (TPSA) is 46.3 Å². The Hall–Kier alpha value is -2.13. The molecule has 0 radical (unpaired) electrons. The third kappa shape index (κ3) is 2.83. The van der Waals surface area contributed by atoms with Crippen molar-refractivity contribution in [2.45, 2.75) is 19.4 Å². The van der Waals surface area contributed by atoms with Crippen molar-refractivity contribution >= 4 is 11.6 Å². The molecule has 0 atom stereocenters. The van der Waals surface area contributed by atoms with Crippen LogP contribution in [0.15, 0.2) is 60.7 Å². The average Bonchev–Trinajstić information content (AvgIpc) is 3.35. The number of hydrogen-bond donors (Lipinski definition) is 1. The summed E-state index contributed by atoms with van der Waals surface area (Å²) < 4.78 is 0. The van der Waals surface area contributed by atoms with Crippen LogP contribution in [0.1, 0.15) is 18.4 Å². The molecule has 1 aliphatic carbocycles. The number of para-hydroxylation sites is 1. The SMILES string of the molecule is NCC1(C(=O)N(Cc2ccccc2)c2ccccc2)CC1. The van der Waals surface area contributed by atoms with Crippen molar-refractivity contribution in [2.75, 3.05) is 11.4 Å². The van der Waals surface area contributed by atoms with Crippen molar-refractivity contribution in [3.63, 3.8) is 0 Å². The van der Waals surface area contributed by atoms with Crippen LogP contribution in [0, 0.1) is 5.41 Å².